The second kappa shape index (κ2) is 8.76. The van der Waals surface area contributed by atoms with Crippen molar-refractivity contribution >= 4 is 23.7 Å². The molecule has 0 unspecified atom stereocenters. The van der Waals surface area contributed by atoms with Gasteiger partial charge in [-0.2, -0.15) is 20.1 Å². The summed E-state index contributed by atoms with van der Waals surface area (Å²) in [5.74, 6) is 1.73. The lowest BCUT2D eigenvalue weighted by Crippen LogP contribution is -2.46. The number of H-pyrrole nitrogens is 1. The molecule has 3 atom stereocenters. The van der Waals surface area contributed by atoms with Gasteiger partial charge in [0.1, 0.15) is 5.82 Å². The number of ether oxygens (including phenoxy) is 1. The van der Waals surface area contributed by atoms with E-state index in [4.69, 9.17) is 4.74 Å². The average molecular weight is 428 g/mol. The number of morpholine rings is 1. The molecule has 1 aliphatic rings. The minimum absolute atomic E-state index is 0.0499. The summed E-state index contributed by atoms with van der Waals surface area (Å²) < 4.78 is 19.0. The van der Waals surface area contributed by atoms with Gasteiger partial charge in [0.05, 0.1) is 30.6 Å². The van der Waals surface area contributed by atoms with Crippen molar-refractivity contribution in [3.8, 4) is 0 Å². The van der Waals surface area contributed by atoms with Gasteiger partial charge in [0.2, 0.25) is 17.8 Å². The molecule has 164 valence electrons. The van der Waals surface area contributed by atoms with Crippen molar-refractivity contribution in [2.45, 2.75) is 45.9 Å². The van der Waals surface area contributed by atoms with E-state index in [2.05, 4.69) is 50.7 Å². The number of halogens is 1. The van der Waals surface area contributed by atoms with Crippen LogP contribution >= 0.6 is 0 Å². The van der Waals surface area contributed by atoms with Crippen LogP contribution in [-0.4, -0.2) is 60.4 Å². The summed E-state index contributed by atoms with van der Waals surface area (Å²) in [5, 5.41) is 13.3. The quantitative estimate of drug-likeness (QED) is 0.538. The fourth-order valence-corrected chi connectivity index (χ4v) is 3.37. The van der Waals surface area contributed by atoms with Crippen LogP contribution in [0.2, 0.25) is 0 Å². The van der Waals surface area contributed by atoms with Gasteiger partial charge >= 0.3 is 0 Å². The SMILES string of the molecule is Cc1cc(Nc2nc(N[C@@H](C)c3ncc(F)cn3)nc(N3C[C@@H](C)O[C@H](C)C3)n2)n[nH]1. The number of rotatable bonds is 6. The monoisotopic (exact) mass is 428 g/mol. The summed E-state index contributed by atoms with van der Waals surface area (Å²) in [6.07, 6.45) is 2.36. The first kappa shape index (κ1) is 20.8. The highest BCUT2D eigenvalue weighted by atomic mass is 19.1. The van der Waals surface area contributed by atoms with Gasteiger partial charge in [0, 0.05) is 24.8 Å². The number of nitrogens with zero attached hydrogens (tertiary/aromatic N) is 7. The van der Waals surface area contributed by atoms with Crippen LogP contribution < -0.4 is 15.5 Å². The van der Waals surface area contributed by atoms with Crippen LogP contribution in [0.25, 0.3) is 0 Å². The molecular weight excluding hydrogens is 403 g/mol. The van der Waals surface area contributed by atoms with Crippen LogP contribution in [0, 0.1) is 12.7 Å². The second-order valence-electron chi connectivity index (χ2n) is 7.63. The van der Waals surface area contributed by atoms with Gasteiger partial charge in [-0.15, -0.1) is 0 Å². The van der Waals surface area contributed by atoms with Crippen molar-refractivity contribution < 1.29 is 9.13 Å². The Labute approximate surface area is 178 Å². The Kier molecular flexibility index (Phi) is 5.89. The summed E-state index contributed by atoms with van der Waals surface area (Å²) >= 11 is 0. The van der Waals surface area contributed by atoms with E-state index < -0.39 is 5.82 Å². The van der Waals surface area contributed by atoms with Gasteiger partial charge < -0.3 is 20.3 Å². The number of anilines is 4. The van der Waals surface area contributed by atoms with E-state index in [0.29, 0.717) is 42.6 Å². The maximum absolute atomic E-state index is 13.1. The molecule has 4 rings (SSSR count). The third kappa shape index (κ3) is 5.20. The van der Waals surface area contributed by atoms with Gasteiger partial charge in [0.15, 0.2) is 11.6 Å². The van der Waals surface area contributed by atoms with Crippen LogP contribution in [0.15, 0.2) is 18.5 Å². The molecule has 0 saturated carbocycles. The largest absolute Gasteiger partial charge is 0.372 e. The van der Waals surface area contributed by atoms with E-state index in [1.54, 1.807) is 0 Å². The van der Waals surface area contributed by atoms with Crippen molar-refractivity contribution in [1.29, 1.82) is 0 Å². The highest BCUT2D eigenvalue weighted by Crippen LogP contribution is 2.22. The Hall–Kier alpha value is -3.41. The normalized spacial score (nSPS) is 19.8. The van der Waals surface area contributed by atoms with Crippen LogP contribution in [0.4, 0.5) is 28.1 Å². The molecule has 11 nitrogen and oxygen atoms in total. The van der Waals surface area contributed by atoms with Gasteiger partial charge in [-0.05, 0) is 27.7 Å². The molecule has 0 spiro atoms. The molecule has 3 N–H and O–H groups in total. The first-order valence-corrected chi connectivity index (χ1v) is 10.0. The van der Waals surface area contributed by atoms with Crippen molar-refractivity contribution in [3.63, 3.8) is 0 Å². The highest BCUT2D eigenvalue weighted by Gasteiger charge is 2.25. The lowest BCUT2D eigenvalue weighted by Gasteiger charge is -2.35. The zero-order valence-electron chi connectivity index (χ0n) is 17.8. The highest BCUT2D eigenvalue weighted by molar-refractivity contribution is 5.52. The maximum atomic E-state index is 13.1. The Bertz CT molecular complexity index is 1020. The molecule has 3 aromatic heterocycles. The summed E-state index contributed by atoms with van der Waals surface area (Å²) in [6, 6.07) is 1.50. The van der Waals surface area contributed by atoms with Crippen LogP contribution in [-0.2, 0) is 4.74 Å². The predicted molar refractivity (Wildman–Crippen MR) is 113 cm³/mol. The van der Waals surface area contributed by atoms with E-state index in [9.17, 15) is 4.39 Å². The number of hydrogen-bond acceptors (Lipinski definition) is 10. The van der Waals surface area contributed by atoms with Gasteiger partial charge in [-0.1, -0.05) is 0 Å². The summed E-state index contributed by atoms with van der Waals surface area (Å²) in [4.78, 5) is 23.8. The van der Waals surface area contributed by atoms with E-state index in [1.807, 2.05) is 33.8 Å². The molecule has 31 heavy (non-hydrogen) atoms. The number of hydrogen-bond donors (Lipinski definition) is 3. The smallest absolute Gasteiger partial charge is 0.235 e. The Morgan fingerprint density at radius 3 is 2.45 bits per heavy atom. The van der Waals surface area contributed by atoms with E-state index in [1.165, 1.54) is 0 Å². The molecule has 1 fully saturated rings. The Morgan fingerprint density at radius 2 is 1.81 bits per heavy atom. The average Bonchev–Trinajstić information content (AvgIpc) is 3.12. The minimum Gasteiger partial charge on any atom is -0.372 e. The fraction of sp³-hybridized carbons (Fsp3) is 0.474. The third-order valence-electron chi connectivity index (χ3n) is 4.65. The minimum atomic E-state index is -0.491. The molecule has 3 aromatic rings. The van der Waals surface area contributed by atoms with E-state index in [0.717, 1.165) is 18.1 Å². The van der Waals surface area contributed by atoms with E-state index >= 15 is 0 Å². The fourth-order valence-electron chi connectivity index (χ4n) is 3.37. The molecule has 0 amide bonds. The molecule has 4 heterocycles. The van der Waals surface area contributed by atoms with Crippen LogP contribution in [0.5, 0.6) is 0 Å². The zero-order valence-corrected chi connectivity index (χ0v) is 17.8. The zero-order chi connectivity index (χ0) is 22.0. The van der Waals surface area contributed by atoms with Crippen molar-refractivity contribution in [2.75, 3.05) is 28.6 Å². The predicted octanol–water partition coefficient (Wildman–Crippen LogP) is 2.36. The van der Waals surface area contributed by atoms with Crippen LogP contribution in [0.1, 0.15) is 38.3 Å². The topological polar surface area (TPSA) is 130 Å². The lowest BCUT2D eigenvalue weighted by molar-refractivity contribution is -0.00571. The number of aryl methyl sites for hydroxylation is 1. The Morgan fingerprint density at radius 1 is 1.13 bits per heavy atom. The van der Waals surface area contributed by atoms with Crippen LogP contribution in [0.3, 0.4) is 0 Å². The standard InChI is InChI=1S/C19H25FN10O/c1-10-5-15(29-28-10)24-18-25-17(23-13(4)16-21-6-14(20)7-22-16)26-19(27-18)30-8-11(2)31-12(3)9-30/h5-7,11-13H,8-9H2,1-4H3,(H3,23,24,25,26,27,28,29)/t11-,12-,13+/m1/s1. The number of nitrogens with one attached hydrogen (secondary N) is 3. The van der Waals surface area contributed by atoms with Gasteiger partial charge in [-0.3, -0.25) is 5.10 Å². The molecule has 0 bridgehead atoms. The summed E-state index contributed by atoms with van der Waals surface area (Å²) in [6.45, 7) is 9.10. The van der Waals surface area contributed by atoms with E-state index in [-0.39, 0.29) is 18.2 Å². The van der Waals surface area contributed by atoms with Crippen molar-refractivity contribution in [2.24, 2.45) is 0 Å². The summed E-state index contributed by atoms with van der Waals surface area (Å²) in [7, 11) is 0. The molecular formula is C19H25FN10O. The molecule has 0 aliphatic carbocycles. The molecule has 0 aromatic carbocycles. The number of aromatic nitrogens is 7. The molecule has 12 heteroatoms. The first-order chi connectivity index (χ1) is 14.9. The second-order valence-corrected chi connectivity index (χ2v) is 7.63. The summed E-state index contributed by atoms with van der Waals surface area (Å²) in [5.41, 5.74) is 0.910. The number of aromatic amines is 1. The molecule has 1 aliphatic heterocycles. The van der Waals surface area contributed by atoms with Gasteiger partial charge in [0.25, 0.3) is 0 Å². The van der Waals surface area contributed by atoms with Crippen molar-refractivity contribution in [3.05, 3.63) is 35.8 Å². The lowest BCUT2D eigenvalue weighted by atomic mass is 10.2. The van der Waals surface area contributed by atoms with Gasteiger partial charge in [-0.25, -0.2) is 14.4 Å². The molecule has 0 radical (unpaired) electrons. The van der Waals surface area contributed by atoms with Crippen molar-refractivity contribution in [1.82, 2.24) is 35.1 Å². The Balaban J connectivity index is 1.62. The molecule has 1 saturated heterocycles. The third-order valence-corrected chi connectivity index (χ3v) is 4.65. The maximum Gasteiger partial charge on any atom is 0.235 e. The first-order valence-electron chi connectivity index (χ1n) is 10.0.